The maximum atomic E-state index is 12.0. The molecule has 9 heteroatoms. The van der Waals surface area contributed by atoms with Gasteiger partial charge in [-0.1, -0.05) is 0 Å². The number of carbonyl (C=O) groups excluding carboxylic acids is 1. The molecule has 2 aromatic heterocycles. The lowest BCUT2D eigenvalue weighted by Gasteiger charge is -2.33. The molecule has 162 valence electrons. The molecular formula is C22H26N6O2S. The van der Waals surface area contributed by atoms with E-state index in [9.17, 15) is 4.79 Å². The Bertz CT molecular complexity index is 1040. The minimum absolute atomic E-state index is 0.156. The Hall–Kier alpha value is -3.17. The van der Waals surface area contributed by atoms with Crippen LogP contribution in [0.15, 0.2) is 41.9 Å². The van der Waals surface area contributed by atoms with Crippen LogP contribution in [0.25, 0.3) is 11.3 Å². The van der Waals surface area contributed by atoms with E-state index in [1.54, 1.807) is 32.4 Å². The SMILES string of the molecule is CNC(=O)c1ccc(OC)c(Nc2nc(-c3ccc(N4CCN(C)CC4)nc3)cs2)c1. The highest BCUT2D eigenvalue weighted by Gasteiger charge is 2.16. The predicted octanol–water partition coefficient (Wildman–Crippen LogP) is 3.07. The molecule has 1 fully saturated rings. The van der Waals surface area contributed by atoms with Gasteiger partial charge in [-0.3, -0.25) is 4.79 Å². The summed E-state index contributed by atoms with van der Waals surface area (Å²) in [6.07, 6.45) is 1.87. The van der Waals surface area contributed by atoms with Crippen molar-refractivity contribution in [1.29, 1.82) is 0 Å². The van der Waals surface area contributed by atoms with Crippen molar-refractivity contribution in [3.63, 3.8) is 0 Å². The van der Waals surface area contributed by atoms with Gasteiger partial charge in [0.2, 0.25) is 0 Å². The van der Waals surface area contributed by atoms with Crippen LogP contribution >= 0.6 is 11.3 Å². The molecular weight excluding hydrogens is 412 g/mol. The van der Waals surface area contributed by atoms with Crippen LogP contribution in [0, 0.1) is 0 Å². The number of anilines is 3. The number of carbonyl (C=O) groups is 1. The van der Waals surface area contributed by atoms with Crippen LogP contribution in [0.2, 0.25) is 0 Å². The quantitative estimate of drug-likeness (QED) is 0.612. The smallest absolute Gasteiger partial charge is 0.251 e. The van der Waals surface area contributed by atoms with Crippen molar-refractivity contribution in [3.8, 4) is 17.0 Å². The third-order valence-corrected chi connectivity index (χ3v) is 6.06. The summed E-state index contributed by atoms with van der Waals surface area (Å²) < 4.78 is 5.42. The number of nitrogens with one attached hydrogen (secondary N) is 2. The van der Waals surface area contributed by atoms with Crippen LogP contribution in [0.1, 0.15) is 10.4 Å². The lowest BCUT2D eigenvalue weighted by Crippen LogP contribution is -2.44. The zero-order chi connectivity index (χ0) is 21.8. The summed E-state index contributed by atoms with van der Waals surface area (Å²) in [5.74, 6) is 1.49. The van der Waals surface area contributed by atoms with Crippen LogP contribution in [0.4, 0.5) is 16.6 Å². The number of benzene rings is 1. The van der Waals surface area contributed by atoms with Crippen molar-refractivity contribution in [2.45, 2.75) is 0 Å². The number of hydrogen-bond donors (Lipinski definition) is 2. The van der Waals surface area contributed by atoms with Crippen LogP contribution < -0.4 is 20.3 Å². The van der Waals surface area contributed by atoms with Crippen molar-refractivity contribution < 1.29 is 9.53 Å². The van der Waals surface area contributed by atoms with Crippen molar-refractivity contribution in [2.24, 2.45) is 0 Å². The topological polar surface area (TPSA) is 82.6 Å². The number of rotatable bonds is 6. The summed E-state index contributed by atoms with van der Waals surface area (Å²) in [6.45, 7) is 4.08. The number of aromatic nitrogens is 2. The maximum Gasteiger partial charge on any atom is 0.251 e. The van der Waals surface area contributed by atoms with Crippen molar-refractivity contribution in [2.75, 3.05) is 57.6 Å². The van der Waals surface area contributed by atoms with Crippen molar-refractivity contribution in [3.05, 3.63) is 47.5 Å². The highest BCUT2D eigenvalue weighted by atomic mass is 32.1. The van der Waals surface area contributed by atoms with Gasteiger partial charge in [0.25, 0.3) is 5.91 Å². The van der Waals surface area contributed by atoms with Crippen molar-refractivity contribution in [1.82, 2.24) is 20.2 Å². The Morgan fingerprint density at radius 3 is 2.65 bits per heavy atom. The third kappa shape index (κ3) is 4.78. The summed E-state index contributed by atoms with van der Waals surface area (Å²) in [5.41, 5.74) is 3.05. The number of amides is 1. The molecule has 0 spiro atoms. The Kier molecular flexibility index (Phi) is 6.34. The molecule has 1 aliphatic rings. The number of nitrogens with zero attached hydrogens (tertiary/aromatic N) is 4. The predicted molar refractivity (Wildman–Crippen MR) is 125 cm³/mol. The standard InChI is InChI=1S/C22H26N6O2S/c1-23-21(29)15-4-6-19(30-3)17(12-15)25-22-26-18(14-31-22)16-5-7-20(24-13-16)28-10-8-27(2)9-11-28/h4-7,12-14H,8-11H2,1-3H3,(H,23,29)(H,25,26). The van der Waals surface area contributed by atoms with Crippen LogP contribution in [0.3, 0.4) is 0 Å². The second-order valence-corrected chi connectivity index (χ2v) is 8.21. The van der Waals surface area contributed by atoms with Gasteiger partial charge in [0.15, 0.2) is 5.13 Å². The minimum Gasteiger partial charge on any atom is -0.495 e. The monoisotopic (exact) mass is 438 g/mol. The molecule has 1 saturated heterocycles. The van der Waals surface area contributed by atoms with Crippen molar-refractivity contribution >= 4 is 33.9 Å². The van der Waals surface area contributed by atoms with Gasteiger partial charge in [0, 0.05) is 55.9 Å². The van der Waals surface area contributed by atoms with E-state index in [2.05, 4.69) is 49.6 Å². The fourth-order valence-corrected chi connectivity index (χ4v) is 4.16. The summed E-state index contributed by atoms with van der Waals surface area (Å²) in [5, 5.41) is 8.61. The van der Waals surface area contributed by atoms with E-state index in [0.29, 0.717) is 22.1 Å². The zero-order valence-electron chi connectivity index (χ0n) is 17.9. The minimum atomic E-state index is -0.156. The van der Waals surface area contributed by atoms with Crippen LogP contribution in [0.5, 0.6) is 5.75 Å². The molecule has 2 N–H and O–H groups in total. The number of hydrogen-bond acceptors (Lipinski definition) is 8. The molecule has 1 aromatic carbocycles. The van der Waals surface area contributed by atoms with E-state index in [1.807, 2.05) is 11.6 Å². The first-order valence-corrected chi connectivity index (χ1v) is 11.0. The summed E-state index contributed by atoms with van der Waals surface area (Å²) in [6, 6.07) is 9.37. The second kappa shape index (κ2) is 9.32. The highest BCUT2D eigenvalue weighted by Crippen LogP contribution is 2.32. The highest BCUT2D eigenvalue weighted by molar-refractivity contribution is 7.14. The normalized spacial score (nSPS) is 14.4. The molecule has 3 aromatic rings. The molecule has 4 rings (SSSR count). The Morgan fingerprint density at radius 2 is 1.97 bits per heavy atom. The number of ether oxygens (including phenoxy) is 1. The summed E-state index contributed by atoms with van der Waals surface area (Å²) >= 11 is 1.49. The Balaban J connectivity index is 1.49. The van der Waals surface area contributed by atoms with Gasteiger partial charge in [-0.05, 0) is 37.4 Å². The van der Waals surface area contributed by atoms with Gasteiger partial charge in [0.05, 0.1) is 18.5 Å². The van der Waals surface area contributed by atoms with E-state index < -0.39 is 0 Å². The Morgan fingerprint density at radius 1 is 1.16 bits per heavy atom. The molecule has 3 heterocycles. The molecule has 1 amide bonds. The van der Waals surface area contributed by atoms with Gasteiger partial charge in [-0.2, -0.15) is 0 Å². The Labute approximate surface area is 185 Å². The molecule has 31 heavy (non-hydrogen) atoms. The van der Waals surface area contributed by atoms with Crippen LogP contribution in [-0.2, 0) is 0 Å². The van der Waals surface area contributed by atoms with Gasteiger partial charge < -0.3 is 25.2 Å². The number of likely N-dealkylation sites (N-methyl/N-ethyl adjacent to an activating group) is 1. The molecule has 0 saturated carbocycles. The number of piperazine rings is 1. The first kappa shape index (κ1) is 21.1. The molecule has 1 aliphatic heterocycles. The lowest BCUT2D eigenvalue weighted by atomic mass is 10.1. The second-order valence-electron chi connectivity index (χ2n) is 7.35. The summed E-state index contributed by atoms with van der Waals surface area (Å²) in [7, 11) is 5.35. The molecule has 0 unspecified atom stereocenters. The fourth-order valence-electron chi connectivity index (χ4n) is 3.43. The van der Waals surface area contributed by atoms with E-state index in [0.717, 1.165) is 43.3 Å². The molecule has 0 aliphatic carbocycles. The fraction of sp³-hybridized carbons (Fsp3) is 0.318. The average Bonchev–Trinajstić information content (AvgIpc) is 3.27. The summed E-state index contributed by atoms with van der Waals surface area (Å²) in [4.78, 5) is 25.9. The number of pyridine rings is 1. The van der Waals surface area contributed by atoms with Gasteiger partial charge >= 0.3 is 0 Å². The van der Waals surface area contributed by atoms with E-state index in [1.165, 1.54) is 11.3 Å². The number of thiazole rings is 1. The van der Waals surface area contributed by atoms with Crippen LogP contribution in [-0.4, -0.2) is 68.2 Å². The first-order valence-electron chi connectivity index (χ1n) is 10.1. The van der Waals surface area contributed by atoms with E-state index in [4.69, 9.17) is 4.74 Å². The van der Waals surface area contributed by atoms with E-state index in [-0.39, 0.29) is 5.91 Å². The van der Waals surface area contributed by atoms with E-state index >= 15 is 0 Å². The van der Waals surface area contributed by atoms with Gasteiger partial charge in [-0.15, -0.1) is 11.3 Å². The zero-order valence-corrected chi connectivity index (χ0v) is 18.7. The first-order chi connectivity index (χ1) is 15.1. The molecule has 0 radical (unpaired) electrons. The molecule has 8 nitrogen and oxygen atoms in total. The molecule has 0 bridgehead atoms. The third-order valence-electron chi connectivity index (χ3n) is 5.31. The molecule has 0 atom stereocenters. The lowest BCUT2D eigenvalue weighted by molar-refractivity contribution is 0.0963. The largest absolute Gasteiger partial charge is 0.495 e. The number of methoxy groups -OCH3 is 1. The van der Waals surface area contributed by atoms with Gasteiger partial charge in [0.1, 0.15) is 11.6 Å². The maximum absolute atomic E-state index is 12.0. The van der Waals surface area contributed by atoms with Gasteiger partial charge in [-0.25, -0.2) is 9.97 Å². The average molecular weight is 439 g/mol.